The Bertz CT molecular complexity index is 1540. The number of thioether (sulfide) groups is 1. The van der Waals surface area contributed by atoms with Crippen LogP contribution in [0.1, 0.15) is 49.7 Å². The summed E-state index contributed by atoms with van der Waals surface area (Å²) in [4.78, 5) is 88.5. The van der Waals surface area contributed by atoms with Gasteiger partial charge in [0.25, 0.3) is 0 Å². The number of benzene rings is 2. The molecule has 6 atom stereocenters. The molecule has 0 aliphatic carbocycles. The van der Waals surface area contributed by atoms with E-state index in [0.29, 0.717) is 25.0 Å². The number of carboxylic acids is 2. The first-order valence-electron chi connectivity index (χ1n) is 17.5. The van der Waals surface area contributed by atoms with Gasteiger partial charge in [-0.25, -0.2) is 4.79 Å². The van der Waals surface area contributed by atoms with Gasteiger partial charge in [-0.05, 0) is 56.2 Å². The first kappa shape index (κ1) is 45.1. The fourth-order valence-electron chi connectivity index (χ4n) is 5.24. The van der Waals surface area contributed by atoms with Gasteiger partial charge >= 0.3 is 11.9 Å². The monoisotopic (exact) mass is 772 g/mol. The summed E-state index contributed by atoms with van der Waals surface area (Å²) in [5.41, 5.74) is 25.0. The molecule has 18 heteroatoms. The Morgan fingerprint density at radius 2 is 1.15 bits per heavy atom. The molecule has 0 bridgehead atoms. The lowest BCUT2D eigenvalue weighted by Gasteiger charge is -2.26. The van der Waals surface area contributed by atoms with Crippen LogP contribution in [0.25, 0.3) is 0 Å². The number of carbonyl (C=O) groups excluding carboxylic acids is 5. The molecule has 0 aliphatic rings. The zero-order valence-electron chi connectivity index (χ0n) is 30.0. The van der Waals surface area contributed by atoms with Gasteiger partial charge in [-0.2, -0.15) is 11.8 Å². The maximum absolute atomic E-state index is 13.7. The van der Waals surface area contributed by atoms with Crippen LogP contribution in [0.5, 0.6) is 0 Å². The Labute approximate surface area is 318 Å². The first-order valence-corrected chi connectivity index (χ1v) is 18.7. The van der Waals surface area contributed by atoms with Gasteiger partial charge in [-0.1, -0.05) is 60.7 Å². The van der Waals surface area contributed by atoms with Gasteiger partial charge in [0.1, 0.15) is 24.2 Å². The lowest BCUT2D eigenvalue weighted by atomic mass is 10.0. The highest BCUT2D eigenvalue weighted by Gasteiger charge is 2.33. The van der Waals surface area contributed by atoms with E-state index in [4.69, 9.17) is 22.9 Å². The van der Waals surface area contributed by atoms with Crippen molar-refractivity contribution in [1.82, 2.24) is 21.3 Å². The molecule has 54 heavy (non-hydrogen) atoms. The third kappa shape index (κ3) is 17.7. The first-order chi connectivity index (χ1) is 25.7. The van der Waals surface area contributed by atoms with Gasteiger partial charge in [-0.3, -0.25) is 28.8 Å². The predicted octanol–water partition coefficient (Wildman–Crippen LogP) is -1.25. The van der Waals surface area contributed by atoms with Crippen LogP contribution in [0, 0.1) is 0 Å². The van der Waals surface area contributed by atoms with Gasteiger partial charge in [0, 0.05) is 24.0 Å². The molecule has 0 fully saturated rings. The van der Waals surface area contributed by atoms with Gasteiger partial charge < -0.3 is 54.4 Å². The second-order valence-corrected chi connectivity index (χ2v) is 13.8. The minimum absolute atomic E-state index is 0.00840. The van der Waals surface area contributed by atoms with Crippen LogP contribution in [0.2, 0.25) is 0 Å². The van der Waals surface area contributed by atoms with Crippen molar-refractivity contribution in [2.24, 2.45) is 22.9 Å². The number of primary amides is 1. The molecule has 0 radical (unpaired) electrons. The molecule has 0 aromatic heterocycles. The lowest BCUT2D eigenvalue weighted by molar-refractivity contribution is -0.143. The van der Waals surface area contributed by atoms with Crippen LogP contribution in [0.4, 0.5) is 0 Å². The van der Waals surface area contributed by atoms with E-state index in [0.717, 1.165) is 11.1 Å². The van der Waals surface area contributed by atoms with Crippen LogP contribution in [0.3, 0.4) is 0 Å². The number of amides is 5. The number of hydrogen-bond acceptors (Lipinski definition) is 11. The highest BCUT2D eigenvalue weighted by Crippen LogP contribution is 2.12. The van der Waals surface area contributed by atoms with Crippen molar-refractivity contribution in [3.63, 3.8) is 0 Å². The second kappa shape index (κ2) is 24.3. The van der Waals surface area contributed by atoms with E-state index in [1.54, 1.807) is 24.3 Å². The van der Waals surface area contributed by atoms with E-state index in [-0.39, 0.29) is 44.0 Å². The second-order valence-electron chi connectivity index (χ2n) is 12.8. The topological polar surface area (TPSA) is 312 Å². The van der Waals surface area contributed by atoms with Crippen molar-refractivity contribution in [2.45, 2.75) is 87.6 Å². The molecule has 2 aromatic carbocycles. The van der Waals surface area contributed by atoms with E-state index in [2.05, 4.69) is 21.3 Å². The van der Waals surface area contributed by atoms with Crippen LogP contribution in [-0.4, -0.2) is 106 Å². The number of carbonyl (C=O) groups is 7. The van der Waals surface area contributed by atoms with E-state index in [1.807, 2.05) is 36.4 Å². The maximum Gasteiger partial charge on any atom is 0.326 e. The molecule has 0 saturated carbocycles. The summed E-state index contributed by atoms with van der Waals surface area (Å²) < 4.78 is 0. The van der Waals surface area contributed by atoms with Gasteiger partial charge in [0.2, 0.25) is 29.5 Å². The zero-order chi connectivity index (χ0) is 40.0. The Hall–Kier alpha value is -5.04. The maximum atomic E-state index is 13.7. The van der Waals surface area contributed by atoms with E-state index in [1.165, 1.54) is 11.8 Å². The molecule has 0 unspecified atom stereocenters. The van der Waals surface area contributed by atoms with E-state index >= 15 is 0 Å². The van der Waals surface area contributed by atoms with Crippen molar-refractivity contribution in [3.05, 3.63) is 71.8 Å². The van der Waals surface area contributed by atoms with Crippen molar-refractivity contribution < 1.29 is 43.8 Å². The van der Waals surface area contributed by atoms with Gasteiger partial charge in [0.15, 0.2) is 0 Å². The number of aliphatic carboxylic acids is 2. The summed E-state index contributed by atoms with van der Waals surface area (Å²) in [6, 6.07) is 11.3. The molecular weight excluding hydrogens is 721 g/mol. The number of rotatable bonds is 26. The number of hydrogen-bond donors (Lipinski definition) is 10. The molecule has 0 spiro atoms. The molecule has 2 aromatic rings. The molecule has 0 heterocycles. The molecular formula is C36H52N8O9S. The molecule has 0 aliphatic heterocycles. The number of nitrogens with one attached hydrogen (secondary N) is 4. The lowest BCUT2D eigenvalue weighted by Crippen LogP contribution is -2.59. The Balaban J connectivity index is 2.25. The molecule has 2 rings (SSSR count). The minimum Gasteiger partial charge on any atom is -0.481 e. The van der Waals surface area contributed by atoms with Crippen LogP contribution >= 0.6 is 11.8 Å². The van der Waals surface area contributed by atoms with Crippen molar-refractivity contribution in [2.75, 3.05) is 18.1 Å². The Morgan fingerprint density at radius 3 is 1.70 bits per heavy atom. The average Bonchev–Trinajstić information content (AvgIpc) is 3.12. The summed E-state index contributed by atoms with van der Waals surface area (Å²) in [6.07, 6.45) is -0.0620. The molecule has 14 N–H and O–H groups in total. The predicted molar refractivity (Wildman–Crippen MR) is 203 cm³/mol. The average molecular weight is 773 g/mol. The SMILES string of the molecule is NCCCC[C@H](NC(=O)[C@H](CC(=O)O)NC(=O)[C@H](CSC[C@@H](N)Cc1ccccc1)NC(=O)[C@@H](N)Cc1ccccc1)C(=O)N[C@@H](CCC(N)=O)C(=O)O. The van der Waals surface area contributed by atoms with Gasteiger partial charge in [-0.15, -0.1) is 0 Å². The van der Waals surface area contributed by atoms with Crippen LogP contribution in [-0.2, 0) is 46.4 Å². The fourth-order valence-corrected chi connectivity index (χ4v) is 6.27. The quantitative estimate of drug-likeness (QED) is 0.0501. The highest BCUT2D eigenvalue weighted by atomic mass is 32.2. The number of nitrogens with two attached hydrogens (primary N) is 4. The standard InChI is InChI=1S/C36H52N8O9S/c37-16-8-7-13-26(33(49)42-27(36(52)53)14-15-30(40)45)41-34(50)28(19-31(46)47)43-35(51)29(21-54-20-24(38)17-22-9-3-1-4-10-22)44-32(48)25(39)18-23-11-5-2-6-12-23/h1-6,9-12,24-29H,7-8,13-21,37-39H2,(H2,40,45)(H,41,50)(H,42,49)(H,43,51)(H,44,48)(H,46,47)(H,52,53)/t24-,25-,26-,27-,28-,29-/m0/s1. The highest BCUT2D eigenvalue weighted by molar-refractivity contribution is 7.99. The largest absolute Gasteiger partial charge is 0.481 e. The van der Waals surface area contributed by atoms with Crippen molar-refractivity contribution >= 4 is 53.2 Å². The normalized spacial score (nSPS) is 14.3. The van der Waals surface area contributed by atoms with E-state index in [9.17, 15) is 43.8 Å². The molecule has 17 nitrogen and oxygen atoms in total. The smallest absolute Gasteiger partial charge is 0.326 e. The van der Waals surface area contributed by atoms with E-state index < -0.39 is 78.1 Å². The van der Waals surface area contributed by atoms with Gasteiger partial charge in [0.05, 0.1) is 12.5 Å². The molecule has 0 saturated heterocycles. The summed E-state index contributed by atoms with van der Waals surface area (Å²) in [5, 5.41) is 28.9. The Morgan fingerprint density at radius 1 is 0.630 bits per heavy atom. The van der Waals surface area contributed by atoms with Crippen LogP contribution in [0.15, 0.2) is 60.7 Å². The van der Waals surface area contributed by atoms with Crippen molar-refractivity contribution in [1.29, 1.82) is 0 Å². The number of unbranched alkanes of at least 4 members (excludes halogenated alkanes) is 1. The zero-order valence-corrected chi connectivity index (χ0v) is 30.8. The van der Waals surface area contributed by atoms with Crippen molar-refractivity contribution in [3.8, 4) is 0 Å². The summed E-state index contributed by atoms with van der Waals surface area (Å²) in [7, 11) is 0. The Kier molecular flexibility index (Phi) is 20.3. The summed E-state index contributed by atoms with van der Waals surface area (Å²) in [5.74, 6) is -6.81. The summed E-state index contributed by atoms with van der Waals surface area (Å²) >= 11 is 1.27. The summed E-state index contributed by atoms with van der Waals surface area (Å²) in [6.45, 7) is 0.258. The third-order valence-corrected chi connectivity index (χ3v) is 9.34. The van der Waals surface area contributed by atoms with Crippen LogP contribution < -0.4 is 44.2 Å². The number of carboxylic acid groups (broad SMARTS) is 2. The molecule has 5 amide bonds. The molecule has 296 valence electrons. The fraction of sp³-hybridized carbons (Fsp3) is 0.472. The third-order valence-electron chi connectivity index (χ3n) is 8.11. The minimum atomic E-state index is -1.72.